The van der Waals surface area contributed by atoms with E-state index in [-0.39, 0.29) is 17.8 Å². The number of aromatic nitrogens is 2. The minimum atomic E-state index is -1.22. The van der Waals surface area contributed by atoms with Crippen LogP contribution in [-0.4, -0.2) is 50.8 Å². The summed E-state index contributed by atoms with van der Waals surface area (Å²) in [7, 11) is 0. The highest BCUT2D eigenvalue weighted by molar-refractivity contribution is 5.84. The number of rotatable bonds is 10. The minimum Gasteiger partial charge on any atom is -0.478 e. The number of ether oxygens (including phenoxy) is 3. The molecule has 2 aromatic carbocycles. The summed E-state index contributed by atoms with van der Waals surface area (Å²) in [6.07, 6.45) is 8.91. The molecule has 2 aliphatic heterocycles. The van der Waals surface area contributed by atoms with Crippen LogP contribution in [0.2, 0.25) is 0 Å². The summed E-state index contributed by atoms with van der Waals surface area (Å²) in [5.74, 6) is -0.0178. The second kappa shape index (κ2) is 11.5. The summed E-state index contributed by atoms with van der Waals surface area (Å²) >= 11 is 0. The van der Waals surface area contributed by atoms with Gasteiger partial charge in [0.15, 0.2) is 11.5 Å². The number of imidazole rings is 1. The molecule has 222 valence electrons. The fourth-order valence-corrected chi connectivity index (χ4v) is 6.06. The molecule has 1 aliphatic carbocycles. The Morgan fingerprint density at radius 2 is 2.00 bits per heavy atom. The fourth-order valence-electron chi connectivity index (χ4n) is 6.06. The Morgan fingerprint density at radius 1 is 1.21 bits per heavy atom. The van der Waals surface area contributed by atoms with Gasteiger partial charge in [-0.05, 0) is 88.4 Å². The van der Waals surface area contributed by atoms with Gasteiger partial charge in [-0.15, -0.1) is 0 Å². The fraction of sp³-hybridized carbons (Fsp3) is 0.455. The van der Waals surface area contributed by atoms with E-state index < -0.39 is 11.8 Å². The van der Waals surface area contributed by atoms with E-state index in [9.17, 15) is 9.18 Å². The molecule has 0 radical (unpaired) electrons. The number of benzene rings is 2. The second-order valence-electron chi connectivity index (χ2n) is 11.9. The van der Waals surface area contributed by atoms with Crippen LogP contribution >= 0.6 is 0 Å². The molecule has 2 atom stereocenters. The van der Waals surface area contributed by atoms with Crippen LogP contribution in [0.5, 0.6) is 11.5 Å². The van der Waals surface area contributed by atoms with Gasteiger partial charge in [0.05, 0.1) is 42.8 Å². The van der Waals surface area contributed by atoms with Gasteiger partial charge in [0.25, 0.3) is 5.79 Å². The summed E-state index contributed by atoms with van der Waals surface area (Å²) < 4.78 is 35.6. The van der Waals surface area contributed by atoms with Gasteiger partial charge in [0.2, 0.25) is 0 Å². The highest BCUT2D eigenvalue weighted by atomic mass is 19.1. The summed E-state index contributed by atoms with van der Waals surface area (Å²) in [5, 5.41) is 9.15. The van der Waals surface area contributed by atoms with Crippen molar-refractivity contribution in [3.05, 3.63) is 82.7 Å². The zero-order chi connectivity index (χ0) is 29.4. The Bertz CT molecular complexity index is 1490. The quantitative estimate of drug-likeness (QED) is 0.296. The van der Waals surface area contributed by atoms with Crippen molar-refractivity contribution in [3.8, 4) is 11.5 Å². The molecular formula is C33H38FN3O5. The van der Waals surface area contributed by atoms with E-state index in [0.29, 0.717) is 36.3 Å². The molecule has 1 saturated carbocycles. The van der Waals surface area contributed by atoms with E-state index in [1.807, 2.05) is 25.1 Å². The van der Waals surface area contributed by atoms with Crippen molar-refractivity contribution in [1.82, 2.24) is 14.5 Å². The Morgan fingerprint density at radius 3 is 2.71 bits per heavy atom. The van der Waals surface area contributed by atoms with Gasteiger partial charge in [0.1, 0.15) is 11.6 Å². The minimum absolute atomic E-state index is 0.00892. The van der Waals surface area contributed by atoms with Crippen molar-refractivity contribution in [3.63, 3.8) is 0 Å². The van der Waals surface area contributed by atoms with Crippen LogP contribution in [0.15, 0.2) is 48.7 Å². The monoisotopic (exact) mass is 575 g/mol. The summed E-state index contributed by atoms with van der Waals surface area (Å²) in [4.78, 5) is 18.2. The highest BCUT2D eigenvalue weighted by Crippen LogP contribution is 2.49. The highest BCUT2D eigenvalue weighted by Gasteiger charge is 2.43. The second-order valence-corrected chi connectivity index (χ2v) is 11.9. The maximum atomic E-state index is 14.9. The molecule has 1 aromatic heterocycles. The van der Waals surface area contributed by atoms with Gasteiger partial charge in [-0.2, -0.15) is 0 Å². The largest absolute Gasteiger partial charge is 0.478 e. The number of hydrogen-bond acceptors (Lipinski definition) is 6. The van der Waals surface area contributed by atoms with Crippen LogP contribution in [0.4, 0.5) is 4.39 Å². The topological polar surface area (TPSA) is 86.1 Å². The smallest absolute Gasteiger partial charge is 0.328 e. The number of carboxylic acid groups (broad SMARTS) is 1. The average molecular weight is 576 g/mol. The van der Waals surface area contributed by atoms with Gasteiger partial charge < -0.3 is 23.9 Å². The van der Waals surface area contributed by atoms with E-state index in [2.05, 4.69) is 27.4 Å². The van der Waals surface area contributed by atoms with E-state index in [1.54, 1.807) is 25.3 Å². The third-order valence-corrected chi connectivity index (χ3v) is 8.37. The van der Waals surface area contributed by atoms with Crippen LogP contribution in [-0.2, 0) is 28.4 Å². The first-order chi connectivity index (χ1) is 20.2. The van der Waals surface area contributed by atoms with Gasteiger partial charge in [-0.3, -0.25) is 4.90 Å². The number of piperidine rings is 1. The predicted molar refractivity (Wildman–Crippen MR) is 156 cm³/mol. The lowest BCUT2D eigenvalue weighted by atomic mass is 9.88. The normalized spacial score (nSPS) is 21.7. The third kappa shape index (κ3) is 6.08. The standard InChI is InChI=1S/C33H38FN3O5/c1-21-7-11-27(28(34)17-21)33(3)41-29-6-4-5-26(32(29)42-33)23-13-15-36(16-14-23)20-30-35-18-24(8-12-31(38)39)37(30)19-22(2)40-25-9-10-25/h4-8,11-12,17-18,22-23,25H,9-10,13-16,19-20H2,1-3H3,(H,38,39)/b12-8+/t22-,33+/m1/s1. The molecule has 42 heavy (non-hydrogen) atoms. The molecule has 3 heterocycles. The van der Waals surface area contributed by atoms with E-state index in [0.717, 1.165) is 67.5 Å². The molecule has 3 aliphatic rings. The first kappa shape index (κ1) is 28.4. The molecule has 9 heteroatoms. The number of nitrogens with zero attached hydrogens (tertiary/aromatic N) is 3. The summed E-state index contributed by atoms with van der Waals surface area (Å²) in [6, 6.07) is 11.1. The number of carbonyl (C=O) groups is 1. The number of likely N-dealkylation sites (tertiary alicyclic amines) is 1. The number of hydrogen-bond donors (Lipinski definition) is 1. The summed E-state index contributed by atoms with van der Waals surface area (Å²) in [6.45, 7) is 8.72. The van der Waals surface area contributed by atoms with Crippen LogP contribution < -0.4 is 9.47 Å². The van der Waals surface area contributed by atoms with Crippen LogP contribution in [0, 0.1) is 12.7 Å². The van der Waals surface area contributed by atoms with Crippen molar-refractivity contribution in [2.24, 2.45) is 0 Å². The SMILES string of the molecule is Cc1ccc([C@@]2(C)Oc3cccc(C4CCN(Cc5ncc(/C=C/C(=O)O)n5C[C@@H](C)OC5CC5)CC4)c3O2)c(F)c1. The Hall–Kier alpha value is -3.69. The van der Waals surface area contributed by atoms with Crippen LogP contribution in [0.1, 0.15) is 73.7 Å². The lowest BCUT2D eigenvalue weighted by molar-refractivity contribution is -0.131. The zero-order valence-corrected chi connectivity index (χ0v) is 24.4. The van der Waals surface area contributed by atoms with Crippen molar-refractivity contribution >= 4 is 12.0 Å². The Labute approximate surface area is 245 Å². The van der Waals surface area contributed by atoms with Gasteiger partial charge in [-0.1, -0.05) is 18.2 Å². The van der Waals surface area contributed by atoms with Crippen LogP contribution in [0.3, 0.4) is 0 Å². The Kier molecular flexibility index (Phi) is 7.81. The molecule has 0 bridgehead atoms. The molecule has 0 spiro atoms. The maximum absolute atomic E-state index is 14.9. The van der Waals surface area contributed by atoms with E-state index in [1.165, 1.54) is 6.07 Å². The molecule has 3 aromatic rings. The maximum Gasteiger partial charge on any atom is 0.328 e. The predicted octanol–water partition coefficient (Wildman–Crippen LogP) is 6.02. The lowest BCUT2D eigenvalue weighted by Crippen LogP contribution is -2.34. The molecule has 2 fully saturated rings. The molecule has 8 nitrogen and oxygen atoms in total. The number of aliphatic carboxylic acids is 1. The zero-order valence-electron chi connectivity index (χ0n) is 24.4. The number of halogens is 1. The molecule has 0 amide bonds. The van der Waals surface area contributed by atoms with Gasteiger partial charge >= 0.3 is 5.97 Å². The van der Waals surface area contributed by atoms with E-state index in [4.69, 9.17) is 19.3 Å². The van der Waals surface area contributed by atoms with Crippen molar-refractivity contribution < 1.29 is 28.5 Å². The first-order valence-electron chi connectivity index (χ1n) is 14.8. The molecule has 1 N–H and O–H groups in total. The van der Waals surface area contributed by atoms with Gasteiger partial charge in [-0.25, -0.2) is 14.2 Å². The molecular weight excluding hydrogens is 537 g/mol. The summed E-state index contributed by atoms with van der Waals surface area (Å²) in [5.41, 5.74) is 3.09. The first-order valence-corrected chi connectivity index (χ1v) is 14.8. The number of carboxylic acids is 1. The van der Waals surface area contributed by atoms with Crippen molar-refractivity contribution in [2.45, 2.75) is 83.5 Å². The van der Waals surface area contributed by atoms with Crippen LogP contribution in [0.25, 0.3) is 6.08 Å². The number of aryl methyl sites for hydroxylation is 1. The lowest BCUT2D eigenvalue weighted by Gasteiger charge is -2.32. The Balaban J connectivity index is 1.13. The van der Waals surface area contributed by atoms with E-state index >= 15 is 0 Å². The van der Waals surface area contributed by atoms with Crippen molar-refractivity contribution in [2.75, 3.05) is 13.1 Å². The van der Waals surface area contributed by atoms with Crippen molar-refractivity contribution in [1.29, 1.82) is 0 Å². The molecule has 1 saturated heterocycles. The third-order valence-electron chi connectivity index (χ3n) is 8.37. The van der Waals surface area contributed by atoms with Gasteiger partial charge in [0, 0.05) is 18.6 Å². The molecule has 6 rings (SSSR count). The number of para-hydroxylation sites is 1. The average Bonchev–Trinajstić information content (AvgIpc) is 3.57. The number of fused-ring (bicyclic) bond motifs is 1. The molecule has 0 unspecified atom stereocenters.